The first-order chi connectivity index (χ1) is 18.3. The van der Waals surface area contributed by atoms with Crippen LogP contribution in [0.5, 0.6) is 0 Å². The number of benzene rings is 1. The van der Waals surface area contributed by atoms with Crippen molar-refractivity contribution in [2.75, 3.05) is 42.6 Å². The molecule has 38 heavy (non-hydrogen) atoms. The van der Waals surface area contributed by atoms with Gasteiger partial charge in [0.05, 0.1) is 24.7 Å². The molecule has 1 unspecified atom stereocenters. The molecule has 0 radical (unpaired) electrons. The van der Waals surface area contributed by atoms with Gasteiger partial charge in [-0.15, -0.1) is 0 Å². The number of aliphatic hydroxyl groups excluding tert-OH is 1. The summed E-state index contributed by atoms with van der Waals surface area (Å²) in [7, 11) is 0. The van der Waals surface area contributed by atoms with Crippen molar-refractivity contribution in [2.45, 2.75) is 51.5 Å². The summed E-state index contributed by atoms with van der Waals surface area (Å²) in [5.74, 6) is -3.08. The molecule has 0 bridgehead atoms. The molecule has 4 aliphatic heterocycles. The number of hydrogen-bond donors (Lipinski definition) is 1. The number of carbonyl (C=O) groups excluding carboxylic acids is 3. The van der Waals surface area contributed by atoms with Crippen molar-refractivity contribution in [1.82, 2.24) is 4.90 Å². The number of nitrogens with zero attached hydrogens (tertiary/aromatic N) is 3. The maximum absolute atomic E-state index is 14.4. The molecule has 204 valence electrons. The average Bonchev–Trinajstić information content (AvgIpc) is 3.20. The van der Waals surface area contributed by atoms with Gasteiger partial charge in [-0.05, 0) is 50.1 Å². The van der Waals surface area contributed by atoms with Crippen LogP contribution in [0.15, 0.2) is 48.6 Å². The third kappa shape index (κ3) is 3.94. The monoisotopic (exact) mass is 523 g/mol. The van der Waals surface area contributed by atoms with Crippen LogP contribution >= 0.6 is 0 Å². The Morgan fingerprint density at radius 2 is 1.79 bits per heavy atom. The highest BCUT2D eigenvalue weighted by atomic mass is 16.6. The van der Waals surface area contributed by atoms with Crippen molar-refractivity contribution in [1.29, 1.82) is 0 Å². The number of esters is 1. The Morgan fingerprint density at radius 3 is 2.42 bits per heavy atom. The molecule has 4 heterocycles. The van der Waals surface area contributed by atoms with E-state index in [4.69, 9.17) is 9.47 Å². The van der Waals surface area contributed by atoms with Crippen LogP contribution < -0.4 is 9.80 Å². The van der Waals surface area contributed by atoms with Crippen molar-refractivity contribution in [3.8, 4) is 0 Å². The SMILES string of the molecule is CCN(CC)c1ccc(N2CC=C[C@]34O[C@H]5C=CCOC(=O)[C@H]5[C@H]3C(=O)N([C@@H](CO)C(C)C)C4C2=O)cc1. The molecule has 0 aliphatic carbocycles. The van der Waals surface area contributed by atoms with Gasteiger partial charge < -0.3 is 29.3 Å². The summed E-state index contributed by atoms with van der Waals surface area (Å²) in [6, 6.07) is 6.18. The van der Waals surface area contributed by atoms with Crippen LogP contribution in [0.4, 0.5) is 11.4 Å². The standard InChI is InChI=1S/C29H37N3O6/c1-5-30(6-2)19-10-12-20(13-11-19)31-15-8-14-29-24(23-22(38-29)9-7-16-37-28(23)36)26(34)32(25(29)27(31)35)21(17-33)18(3)4/h7-14,18,21-25,33H,5-6,15-17H2,1-4H3/t21-,22-,23+,24-,25?,29-/m0/s1. The van der Waals surface area contributed by atoms with Gasteiger partial charge in [0.2, 0.25) is 5.91 Å². The van der Waals surface area contributed by atoms with Gasteiger partial charge in [-0.1, -0.05) is 32.1 Å². The smallest absolute Gasteiger partial charge is 0.313 e. The number of rotatable bonds is 7. The number of hydrogen-bond acceptors (Lipinski definition) is 7. The fourth-order valence-electron chi connectivity index (χ4n) is 6.55. The van der Waals surface area contributed by atoms with Gasteiger partial charge in [0.15, 0.2) is 0 Å². The first-order valence-corrected chi connectivity index (χ1v) is 13.6. The molecule has 5 rings (SSSR count). The summed E-state index contributed by atoms with van der Waals surface area (Å²) in [5, 5.41) is 10.3. The lowest BCUT2D eigenvalue weighted by Gasteiger charge is -2.39. The van der Waals surface area contributed by atoms with Crippen LogP contribution in [0.25, 0.3) is 0 Å². The lowest BCUT2D eigenvalue weighted by Crippen LogP contribution is -2.59. The van der Waals surface area contributed by atoms with Crippen molar-refractivity contribution in [3.63, 3.8) is 0 Å². The zero-order valence-electron chi connectivity index (χ0n) is 22.4. The highest BCUT2D eigenvalue weighted by molar-refractivity contribution is 6.05. The lowest BCUT2D eigenvalue weighted by atomic mass is 9.78. The Morgan fingerprint density at radius 1 is 1.08 bits per heavy atom. The number of ether oxygens (including phenoxy) is 2. The number of likely N-dealkylation sites (tertiary alicyclic amines) is 1. The zero-order valence-corrected chi connectivity index (χ0v) is 22.4. The van der Waals surface area contributed by atoms with Crippen molar-refractivity contribution >= 4 is 29.2 Å². The number of cyclic esters (lactones) is 1. The first kappa shape index (κ1) is 26.4. The minimum absolute atomic E-state index is 0.119. The second kappa shape index (κ2) is 10.2. The van der Waals surface area contributed by atoms with E-state index in [0.717, 1.165) is 18.8 Å². The van der Waals surface area contributed by atoms with E-state index >= 15 is 0 Å². The van der Waals surface area contributed by atoms with E-state index in [1.54, 1.807) is 23.1 Å². The van der Waals surface area contributed by atoms with Gasteiger partial charge in [0.25, 0.3) is 5.91 Å². The first-order valence-electron chi connectivity index (χ1n) is 13.6. The number of aliphatic hydroxyl groups is 1. The van der Waals surface area contributed by atoms with Crippen molar-refractivity contribution in [3.05, 3.63) is 48.6 Å². The van der Waals surface area contributed by atoms with Crippen LogP contribution in [-0.4, -0.2) is 84.4 Å². The van der Waals surface area contributed by atoms with Gasteiger partial charge in [-0.25, -0.2) is 0 Å². The van der Waals surface area contributed by atoms with E-state index in [-0.39, 0.29) is 30.9 Å². The highest BCUT2D eigenvalue weighted by Crippen LogP contribution is 2.54. The van der Waals surface area contributed by atoms with Gasteiger partial charge in [-0.3, -0.25) is 14.4 Å². The Bertz CT molecular complexity index is 1140. The predicted molar refractivity (Wildman–Crippen MR) is 143 cm³/mol. The van der Waals surface area contributed by atoms with E-state index < -0.39 is 41.6 Å². The van der Waals surface area contributed by atoms with Gasteiger partial charge in [0.1, 0.15) is 24.2 Å². The van der Waals surface area contributed by atoms with Crippen LogP contribution in [0, 0.1) is 17.8 Å². The average molecular weight is 524 g/mol. The van der Waals surface area contributed by atoms with Gasteiger partial charge >= 0.3 is 5.97 Å². The molecule has 1 aromatic rings. The molecule has 4 aliphatic rings. The normalized spacial score (nSPS) is 31.1. The molecule has 0 saturated carbocycles. The van der Waals surface area contributed by atoms with Gasteiger partial charge in [-0.2, -0.15) is 0 Å². The zero-order chi connectivity index (χ0) is 27.2. The molecule has 1 aromatic carbocycles. The molecule has 1 N–H and O–H groups in total. The van der Waals surface area contributed by atoms with Crippen molar-refractivity contribution in [2.24, 2.45) is 17.8 Å². The number of anilines is 2. The molecular formula is C29H37N3O6. The minimum Gasteiger partial charge on any atom is -0.461 e. The summed E-state index contributed by atoms with van der Waals surface area (Å²) in [6.45, 7) is 9.85. The molecule has 2 fully saturated rings. The minimum atomic E-state index is -1.34. The van der Waals surface area contributed by atoms with Crippen LogP contribution in [-0.2, 0) is 23.9 Å². The van der Waals surface area contributed by atoms with E-state index in [9.17, 15) is 19.5 Å². The molecule has 2 saturated heterocycles. The van der Waals surface area contributed by atoms with Gasteiger partial charge in [0, 0.05) is 31.0 Å². The van der Waals surface area contributed by atoms with E-state index in [0.29, 0.717) is 12.2 Å². The molecule has 9 nitrogen and oxygen atoms in total. The van der Waals surface area contributed by atoms with E-state index in [2.05, 4.69) is 18.7 Å². The summed E-state index contributed by atoms with van der Waals surface area (Å²) >= 11 is 0. The summed E-state index contributed by atoms with van der Waals surface area (Å²) in [4.78, 5) is 47.0. The van der Waals surface area contributed by atoms with Crippen LogP contribution in [0.2, 0.25) is 0 Å². The maximum Gasteiger partial charge on any atom is 0.313 e. The summed E-state index contributed by atoms with van der Waals surface area (Å²) < 4.78 is 11.9. The van der Waals surface area contributed by atoms with Crippen LogP contribution in [0.3, 0.4) is 0 Å². The Hall–Kier alpha value is -3.17. The topological polar surface area (TPSA) is 99.6 Å². The Kier molecular flexibility index (Phi) is 7.09. The fraction of sp³-hybridized carbons (Fsp3) is 0.552. The van der Waals surface area contributed by atoms with E-state index in [1.807, 2.05) is 44.2 Å². The molecule has 9 heteroatoms. The van der Waals surface area contributed by atoms with Crippen LogP contribution in [0.1, 0.15) is 27.7 Å². The number of fused-ring (bicyclic) bond motifs is 2. The second-order valence-corrected chi connectivity index (χ2v) is 10.7. The van der Waals surface area contributed by atoms with E-state index in [1.165, 1.54) is 4.90 Å². The maximum atomic E-state index is 14.4. The number of amides is 2. The van der Waals surface area contributed by atoms with Crippen molar-refractivity contribution < 1.29 is 29.0 Å². The fourth-order valence-corrected chi connectivity index (χ4v) is 6.55. The quantitative estimate of drug-likeness (QED) is 0.432. The lowest BCUT2D eigenvalue weighted by molar-refractivity contribution is -0.154. The Labute approximate surface area is 223 Å². The third-order valence-corrected chi connectivity index (χ3v) is 8.46. The number of carbonyl (C=O) groups is 3. The summed E-state index contributed by atoms with van der Waals surface area (Å²) in [6.07, 6.45) is 6.45. The molecule has 1 spiro atoms. The molecule has 0 aromatic heterocycles. The summed E-state index contributed by atoms with van der Waals surface area (Å²) in [5.41, 5.74) is 0.429. The molecular weight excluding hydrogens is 486 g/mol. The Balaban J connectivity index is 1.59. The highest BCUT2D eigenvalue weighted by Gasteiger charge is 2.72. The third-order valence-electron chi connectivity index (χ3n) is 8.46. The largest absolute Gasteiger partial charge is 0.461 e. The molecule has 2 amide bonds. The molecule has 6 atom stereocenters. The second-order valence-electron chi connectivity index (χ2n) is 10.7. The predicted octanol–water partition coefficient (Wildman–Crippen LogP) is 2.15.